The zero-order valence-corrected chi connectivity index (χ0v) is 26.5. The molecule has 0 bridgehead atoms. The van der Waals surface area contributed by atoms with Crippen LogP contribution in [0.3, 0.4) is 0 Å². The highest BCUT2D eigenvalue weighted by Crippen LogP contribution is 2.33. The number of methoxy groups -OCH3 is 1. The molecule has 1 aliphatic rings. The lowest BCUT2D eigenvalue weighted by Crippen LogP contribution is -2.63. The molecule has 0 saturated heterocycles. The van der Waals surface area contributed by atoms with Crippen LogP contribution in [0.1, 0.15) is 43.4 Å². The lowest BCUT2D eigenvalue weighted by atomic mass is 9.96. The minimum Gasteiger partial charge on any atom is -0.497 e. The Balaban J connectivity index is 1.37. The van der Waals surface area contributed by atoms with Crippen LogP contribution in [-0.2, 0) is 22.5 Å². The third kappa shape index (κ3) is 7.38. The molecule has 3 amide bonds. The molecule has 0 aromatic heterocycles. The number of carboxylic acids is 1. The predicted octanol–water partition coefficient (Wildman–Crippen LogP) is 7.54. The van der Waals surface area contributed by atoms with Gasteiger partial charge in [-0.1, -0.05) is 60.7 Å². The first kappa shape index (κ1) is 32.2. The Labute approximate surface area is 268 Å². The highest BCUT2D eigenvalue weighted by atomic mass is 16.6. The maximum atomic E-state index is 14.0. The van der Waals surface area contributed by atoms with Crippen LogP contribution in [0.2, 0.25) is 0 Å². The fourth-order valence-electron chi connectivity index (χ4n) is 5.51. The van der Waals surface area contributed by atoms with Crippen LogP contribution in [0, 0.1) is 0 Å². The Morgan fingerprint density at radius 3 is 2.09 bits per heavy atom. The van der Waals surface area contributed by atoms with Gasteiger partial charge in [-0.15, -0.1) is 4.48 Å². The topological polar surface area (TPSA) is 111 Å². The third-order valence-electron chi connectivity index (χ3n) is 7.98. The Kier molecular flexibility index (Phi) is 9.44. The zero-order valence-electron chi connectivity index (χ0n) is 26.5. The number of aliphatic carboxylic acids is 1. The summed E-state index contributed by atoms with van der Waals surface area (Å²) in [6.45, 7) is 5.23. The zero-order chi connectivity index (χ0) is 32.9. The van der Waals surface area contributed by atoms with E-state index in [2.05, 4.69) is 5.32 Å². The lowest BCUT2D eigenvalue weighted by Gasteiger charge is -2.37. The van der Waals surface area contributed by atoms with Gasteiger partial charge in [-0.3, -0.25) is 4.79 Å². The van der Waals surface area contributed by atoms with Gasteiger partial charge in [0.25, 0.3) is 0 Å². The monoisotopic (exact) mass is 623 g/mol. The Hall–Kier alpha value is -5.15. The van der Waals surface area contributed by atoms with E-state index in [9.17, 15) is 19.5 Å². The molecule has 4 aromatic carbocycles. The van der Waals surface area contributed by atoms with E-state index in [-0.39, 0.29) is 19.6 Å². The summed E-state index contributed by atoms with van der Waals surface area (Å²) in [5, 5.41) is 12.9. The van der Waals surface area contributed by atoms with Gasteiger partial charge in [0, 0.05) is 18.5 Å². The molecule has 0 fully saturated rings. The smallest absolute Gasteiger partial charge is 0.497 e. The van der Waals surface area contributed by atoms with E-state index in [0.717, 1.165) is 22.3 Å². The molecule has 0 radical (unpaired) electrons. The van der Waals surface area contributed by atoms with E-state index in [4.69, 9.17) is 14.2 Å². The molecule has 2 N–H and O–H groups in total. The van der Waals surface area contributed by atoms with Crippen molar-refractivity contribution in [2.24, 2.45) is 0 Å². The van der Waals surface area contributed by atoms with Crippen molar-refractivity contribution in [2.45, 2.75) is 45.3 Å². The summed E-state index contributed by atoms with van der Waals surface area (Å²) in [6, 6.07) is 29.2. The standard InChI is InChI=1S/C37H38N2O7/c1-37(2,3)46-36(43)39(21-20-27-14-15-32(22-29(27)24-39)45-31-18-16-30(44-4)17-19-31)35(42)38-23-33(34(40)41)28-12-10-26(11-13-28)25-8-6-5-7-9-25/h5-19,22,33H,20-21,23-24H2,1-4H3,(H-,38,40,41,42)/p+1. The summed E-state index contributed by atoms with van der Waals surface area (Å²) in [5.41, 5.74) is 3.43. The van der Waals surface area contributed by atoms with E-state index in [1.54, 1.807) is 64.3 Å². The molecule has 9 nitrogen and oxygen atoms in total. The van der Waals surface area contributed by atoms with Crippen molar-refractivity contribution < 1.29 is 38.2 Å². The van der Waals surface area contributed by atoms with Crippen molar-refractivity contribution in [2.75, 3.05) is 20.2 Å². The average molecular weight is 624 g/mol. The maximum Gasteiger partial charge on any atom is 0.526 e. The number of ether oxygens (including phenoxy) is 3. The first-order valence-electron chi connectivity index (χ1n) is 15.2. The number of carbonyl (C=O) groups is 3. The minimum atomic E-state index is -1.08. The van der Waals surface area contributed by atoms with E-state index in [1.807, 2.05) is 60.7 Å². The Morgan fingerprint density at radius 2 is 1.46 bits per heavy atom. The highest BCUT2D eigenvalue weighted by Gasteiger charge is 2.50. The number of imide groups is 1. The average Bonchev–Trinajstić information content (AvgIpc) is 3.04. The number of carboxylic acid groups (broad SMARTS) is 1. The van der Waals surface area contributed by atoms with Gasteiger partial charge in [-0.05, 0) is 79.4 Å². The Morgan fingerprint density at radius 1 is 0.826 bits per heavy atom. The van der Waals surface area contributed by atoms with Gasteiger partial charge in [-0.25, -0.2) is 4.79 Å². The number of hydrogen-bond acceptors (Lipinski definition) is 6. The number of nitrogens with one attached hydrogen (secondary N) is 1. The van der Waals surface area contributed by atoms with Gasteiger partial charge in [0.1, 0.15) is 35.9 Å². The summed E-state index contributed by atoms with van der Waals surface area (Å²) < 4.78 is 16.4. The maximum absolute atomic E-state index is 14.0. The van der Waals surface area contributed by atoms with Crippen LogP contribution in [0.4, 0.5) is 9.59 Å². The summed E-state index contributed by atoms with van der Waals surface area (Å²) in [6.07, 6.45) is -0.259. The molecule has 2 atom stereocenters. The van der Waals surface area contributed by atoms with Crippen LogP contribution in [0.5, 0.6) is 17.2 Å². The number of amides is 3. The molecule has 1 aliphatic heterocycles. The van der Waals surface area contributed by atoms with Gasteiger partial charge >= 0.3 is 18.1 Å². The molecule has 46 heavy (non-hydrogen) atoms. The molecule has 0 spiro atoms. The molecule has 1 heterocycles. The van der Waals surface area contributed by atoms with Crippen molar-refractivity contribution >= 4 is 18.1 Å². The Bertz CT molecular complexity index is 1700. The second-order valence-electron chi connectivity index (χ2n) is 12.4. The largest absolute Gasteiger partial charge is 0.526 e. The van der Waals surface area contributed by atoms with Crippen LogP contribution < -0.4 is 14.8 Å². The van der Waals surface area contributed by atoms with Gasteiger partial charge in [-0.2, -0.15) is 4.79 Å². The predicted molar refractivity (Wildman–Crippen MR) is 174 cm³/mol. The first-order chi connectivity index (χ1) is 22.0. The molecule has 9 heteroatoms. The van der Waals surface area contributed by atoms with E-state index >= 15 is 0 Å². The number of rotatable bonds is 8. The number of hydrogen-bond donors (Lipinski definition) is 2. The summed E-state index contributed by atoms with van der Waals surface area (Å²) >= 11 is 0. The molecule has 0 saturated carbocycles. The molecule has 238 valence electrons. The SMILES string of the molecule is COc1ccc(Oc2ccc3c(c2)C[N+](C(=O)NCC(C(=O)O)c2ccc(-c4ccccc4)cc2)(C(=O)OC(C)(C)C)CC3)cc1. The highest BCUT2D eigenvalue weighted by molar-refractivity contribution is 5.82. The summed E-state index contributed by atoms with van der Waals surface area (Å²) in [4.78, 5) is 40.2. The van der Waals surface area contributed by atoms with Gasteiger partial charge in [0.15, 0.2) is 0 Å². The number of fused-ring (bicyclic) bond motifs is 1. The van der Waals surface area contributed by atoms with Crippen molar-refractivity contribution in [1.29, 1.82) is 0 Å². The molecular weight excluding hydrogens is 584 g/mol. The van der Waals surface area contributed by atoms with Crippen LogP contribution in [-0.4, -0.2) is 53.5 Å². The molecular formula is C37H39N2O7+. The van der Waals surface area contributed by atoms with E-state index in [1.165, 1.54) is 0 Å². The number of carbonyl (C=O) groups excluding carboxylic acids is 2. The lowest BCUT2D eigenvalue weighted by molar-refractivity contribution is -0.795. The summed E-state index contributed by atoms with van der Waals surface area (Å²) in [7, 11) is 1.59. The van der Waals surface area contributed by atoms with Crippen molar-refractivity contribution in [1.82, 2.24) is 5.32 Å². The van der Waals surface area contributed by atoms with Crippen LogP contribution in [0.15, 0.2) is 97.1 Å². The third-order valence-corrected chi connectivity index (χ3v) is 7.98. The van der Waals surface area contributed by atoms with Crippen LogP contribution in [0.25, 0.3) is 11.1 Å². The van der Waals surface area contributed by atoms with Gasteiger partial charge in [0.2, 0.25) is 0 Å². The first-order valence-corrected chi connectivity index (χ1v) is 15.2. The molecule has 0 aliphatic carbocycles. The normalized spacial score (nSPS) is 16.4. The van der Waals surface area contributed by atoms with Crippen LogP contribution >= 0.6 is 0 Å². The second kappa shape index (κ2) is 13.5. The quantitative estimate of drug-likeness (QED) is 0.195. The number of benzene rings is 4. The minimum absolute atomic E-state index is 0.0272. The van der Waals surface area contributed by atoms with Gasteiger partial charge < -0.3 is 24.6 Å². The number of quaternary nitrogens is 1. The number of nitrogens with zero attached hydrogens (tertiary/aromatic N) is 1. The van der Waals surface area contributed by atoms with E-state index in [0.29, 0.717) is 29.2 Å². The fraction of sp³-hybridized carbons (Fsp3) is 0.270. The summed E-state index contributed by atoms with van der Waals surface area (Å²) in [5.74, 6) is -0.232. The van der Waals surface area contributed by atoms with Gasteiger partial charge in [0.05, 0.1) is 13.0 Å². The molecule has 2 unspecified atom stereocenters. The van der Waals surface area contributed by atoms with Crippen molar-refractivity contribution in [3.05, 3.63) is 114 Å². The second-order valence-corrected chi connectivity index (χ2v) is 12.4. The molecule has 5 rings (SSSR count). The van der Waals surface area contributed by atoms with E-state index < -0.39 is 34.1 Å². The number of urea groups is 1. The van der Waals surface area contributed by atoms with Crippen molar-refractivity contribution in [3.63, 3.8) is 0 Å². The molecule has 4 aromatic rings. The van der Waals surface area contributed by atoms with Crippen molar-refractivity contribution in [3.8, 4) is 28.4 Å². The fourth-order valence-corrected chi connectivity index (χ4v) is 5.51.